The Bertz CT molecular complexity index is 988. The molecule has 0 bridgehead atoms. The number of hydrogen-bond acceptors (Lipinski definition) is 4. The number of benzene rings is 2. The number of carbonyl (C=O) groups excluding carboxylic acids is 1. The third-order valence-corrected chi connectivity index (χ3v) is 5.42. The molecule has 146 valence electrons. The zero-order valence-electron chi connectivity index (χ0n) is 17.0. The molecule has 0 atom stereocenters. The molecule has 3 rings (SSSR count). The fourth-order valence-electron chi connectivity index (χ4n) is 3.09. The van der Waals surface area contributed by atoms with Gasteiger partial charge < -0.3 is 5.32 Å². The molecule has 0 aliphatic carbocycles. The van der Waals surface area contributed by atoms with Crippen LogP contribution in [-0.4, -0.2) is 26.4 Å². The van der Waals surface area contributed by atoms with Crippen LogP contribution in [0.3, 0.4) is 0 Å². The number of amides is 1. The molecule has 1 aromatic heterocycles. The highest BCUT2D eigenvalue weighted by Gasteiger charge is 2.19. The first-order chi connectivity index (χ1) is 13.3. The molecule has 1 amide bonds. The fourth-order valence-corrected chi connectivity index (χ4v) is 3.88. The number of nitrogens with zero attached hydrogens (tertiary/aromatic N) is 3. The fraction of sp³-hybridized carbons (Fsp3) is 0.318. The first-order valence-electron chi connectivity index (χ1n) is 9.27. The first kappa shape index (κ1) is 20.1. The van der Waals surface area contributed by atoms with Crippen LogP contribution in [0.4, 0.5) is 5.69 Å². The number of hydrogen-bond donors (Lipinski definition) is 1. The number of thioether (sulfide) groups is 1. The van der Waals surface area contributed by atoms with Gasteiger partial charge in [-0.25, -0.2) is 0 Å². The smallest absolute Gasteiger partial charge is 0.234 e. The summed E-state index contributed by atoms with van der Waals surface area (Å²) in [5.41, 5.74) is 4.10. The van der Waals surface area contributed by atoms with Crippen molar-refractivity contribution in [3.63, 3.8) is 0 Å². The van der Waals surface area contributed by atoms with Crippen molar-refractivity contribution in [2.45, 2.75) is 45.2 Å². The van der Waals surface area contributed by atoms with Gasteiger partial charge in [-0.05, 0) is 42.5 Å². The van der Waals surface area contributed by atoms with E-state index < -0.39 is 0 Å². The Hall–Kier alpha value is -2.60. The van der Waals surface area contributed by atoms with Crippen LogP contribution in [0.25, 0.3) is 5.69 Å². The van der Waals surface area contributed by atoms with Gasteiger partial charge in [0.25, 0.3) is 0 Å². The lowest BCUT2D eigenvalue weighted by molar-refractivity contribution is -0.113. The minimum absolute atomic E-state index is 0.0425. The maximum absolute atomic E-state index is 12.6. The summed E-state index contributed by atoms with van der Waals surface area (Å²) in [6.45, 7) is 10.4. The highest BCUT2D eigenvalue weighted by Crippen LogP contribution is 2.30. The molecule has 0 unspecified atom stereocenters. The molecule has 5 nitrogen and oxygen atoms in total. The van der Waals surface area contributed by atoms with Gasteiger partial charge in [-0.1, -0.05) is 68.9 Å². The highest BCUT2D eigenvalue weighted by molar-refractivity contribution is 7.99. The van der Waals surface area contributed by atoms with Gasteiger partial charge in [-0.3, -0.25) is 9.36 Å². The van der Waals surface area contributed by atoms with Gasteiger partial charge in [0.15, 0.2) is 5.16 Å². The minimum Gasteiger partial charge on any atom is -0.325 e. The van der Waals surface area contributed by atoms with Crippen LogP contribution in [0.1, 0.15) is 37.7 Å². The van der Waals surface area contributed by atoms with Gasteiger partial charge in [0, 0.05) is 5.69 Å². The molecule has 6 heteroatoms. The van der Waals surface area contributed by atoms with Crippen molar-refractivity contribution in [3.05, 3.63) is 65.5 Å². The number of para-hydroxylation sites is 2. The molecule has 1 N–H and O–H groups in total. The van der Waals surface area contributed by atoms with Gasteiger partial charge in [0.05, 0.1) is 11.4 Å². The third-order valence-electron chi connectivity index (χ3n) is 4.49. The lowest BCUT2D eigenvalue weighted by Gasteiger charge is -2.23. The molecule has 0 spiro atoms. The Morgan fingerprint density at radius 1 is 1.04 bits per heavy atom. The number of aryl methyl sites for hydroxylation is 2. The summed E-state index contributed by atoms with van der Waals surface area (Å²) in [5, 5.41) is 12.2. The predicted molar refractivity (Wildman–Crippen MR) is 115 cm³/mol. The van der Waals surface area contributed by atoms with Gasteiger partial charge in [-0.2, -0.15) is 0 Å². The summed E-state index contributed by atoms with van der Waals surface area (Å²) in [6.07, 6.45) is 0. The zero-order chi connectivity index (χ0) is 20.3. The second-order valence-corrected chi connectivity index (χ2v) is 8.73. The van der Waals surface area contributed by atoms with Crippen LogP contribution in [0.5, 0.6) is 0 Å². The van der Waals surface area contributed by atoms with Crippen molar-refractivity contribution in [2.24, 2.45) is 0 Å². The average molecular weight is 395 g/mol. The van der Waals surface area contributed by atoms with Gasteiger partial charge in [0.2, 0.25) is 5.91 Å². The Labute approximate surface area is 170 Å². The van der Waals surface area contributed by atoms with E-state index in [2.05, 4.69) is 55.3 Å². The number of aromatic nitrogens is 3. The summed E-state index contributed by atoms with van der Waals surface area (Å²) in [5.74, 6) is 1.01. The molecule has 0 aliphatic heterocycles. The number of rotatable bonds is 5. The lowest BCUT2D eigenvalue weighted by atomic mass is 9.86. The normalized spacial score (nSPS) is 11.5. The van der Waals surface area contributed by atoms with Crippen molar-refractivity contribution in [1.29, 1.82) is 0 Å². The van der Waals surface area contributed by atoms with Crippen LogP contribution in [-0.2, 0) is 10.2 Å². The molecular weight excluding hydrogens is 368 g/mol. The maximum Gasteiger partial charge on any atom is 0.234 e. The Balaban J connectivity index is 1.75. The molecule has 2 aromatic carbocycles. The standard InChI is InChI=1S/C22H26N4OS/c1-15-10-6-9-13-19(15)26-16(2)24-25-21(26)28-14-20(27)23-18-12-8-7-11-17(18)22(3,4)5/h6-13H,14H2,1-5H3,(H,23,27). The van der Waals surface area contributed by atoms with Crippen molar-refractivity contribution < 1.29 is 4.79 Å². The van der Waals surface area contributed by atoms with E-state index in [1.165, 1.54) is 11.8 Å². The summed E-state index contributed by atoms with van der Waals surface area (Å²) >= 11 is 1.39. The van der Waals surface area contributed by atoms with E-state index >= 15 is 0 Å². The third kappa shape index (κ3) is 4.44. The molecular formula is C22H26N4OS. The zero-order valence-corrected chi connectivity index (χ0v) is 17.8. The molecule has 1 heterocycles. The maximum atomic E-state index is 12.6. The molecule has 0 saturated carbocycles. The predicted octanol–water partition coefficient (Wildman–Crippen LogP) is 4.91. The van der Waals surface area contributed by atoms with E-state index in [4.69, 9.17) is 0 Å². The summed E-state index contributed by atoms with van der Waals surface area (Å²) < 4.78 is 2.00. The van der Waals surface area contributed by atoms with E-state index in [1.807, 2.05) is 47.9 Å². The van der Waals surface area contributed by atoms with Gasteiger partial charge >= 0.3 is 0 Å². The Morgan fingerprint density at radius 3 is 2.43 bits per heavy atom. The number of anilines is 1. The van der Waals surface area contributed by atoms with Gasteiger partial charge in [0.1, 0.15) is 5.82 Å². The van der Waals surface area contributed by atoms with E-state index in [9.17, 15) is 4.79 Å². The highest BCUT2D eigenvalue weighted by atomic mass is 32.2. The monoisotopic (exact) mass is 394 g/mol. The second kappa shape index (κ2) is 8.19. The van der Waals surface area contributed by atoms with E-state index in [1.54, 1.807) is 0 Å². The van der Waals surface area contributed by atoms with Crippen LogP contribution < -0.4 is 5.32 Å². The molecule has 3 aromatic rings. The summed E-state index contributed by atoms with van der Waals surface area (Å²) in [6, 6.07) is 16.0. The molecule has 0 aliphatic rings. The van der Waals surface area contributed by atoms with Crippen molar-refractivity contribution >= 4 is 23.4 Å². The number of carbonyl (C=O) groups is 1. The van der Waals surface area contributed by atoms with Crippen LogP contribution >= 0.6 is 11.8 Å². The molecule has 0 radical (unpaired) electrons. The summed E-state index contributed by atoms with van der Waals surface area (Å²) in [4.78, 5) is 12.6. The first-order valence-corrected chi connectivity index (χ1v) is 10.3. The van der Waals surface area contributed by atoms with Gasteiger partial charge in [-0.15, -0.1) is 10.2 Å². The molecule has 0 saturated heterocycles. The Kier molecular flexibility index (Phi) is 5.89. The quantitative estimate of drug-likeness (QED) is 0.625. The van der Waals surface area contributed by atoms with Crippen LogP contribution in [0, 0.1) is 13.8 Å². The van der Waals surface area contributed by atoms with Crippen LogP contribution in [0.15, 0.2) is 53.7 Å². The topological polar surface area (TPSA) is 59.8 Å². The molecule has 28 heavy (non-hydrogen) atoms. The molecule has 0 fully saturated rings. The summed E-state index contributed by atoms with van der Waals surface area (Å²) in [7, 11) is 0. The average Bonchev–Trinajstić information content (AvgIpc) is 3.00. The number of nitrogens with one attached hydrogen (secondary N) is 1. The van der Waals surface area contributed by atoms with E-state index in [0.29, 0.717) is 5.16 Å². The largest absolute Gasteiger partial charge is 0.325 e. The minimum atomic E-state index is -0.0568. The van der Waals surface area contributed by atoms with Crippen molar-refractivity contribution in [3.8, 4) is 5.69 Å². The van der Waals surface area contributed by atoms with Crippen LogP contribution in [0.2, 0.25) is 0 Å². The van der Waals surface area contributed by atoms with Crippen molar-refractivity contribution in [1.82, 2.24) is 14.8 Å². The van der Waals surface area contributed by atoms with E-state index in [0.717, 1.165) is 28.3 Å². The SMILES string of the molecule is Cc1ccccc1-n1c(C)nnc1SCC(=O)Nc1ccccc1C(C)(C)C. The van der Waals surface area contributed by atoms with E-state index in [-0.39, 0.29) is 17.1 Å². The Morgan fingerprint density at radius 2 is 1.71 bits per heavy atom. The second-order valence-electron chi connectivity index (χ2n) is 7.78. The lowest BCUT2D eigenvalue weighted by Crippen LogP contribution is -2.20. The van der Waals surface area contributed by atoms with Crippen molar-refractivity contribution in [2.75, 3.05) is 11.1 Å².